The Labute approximate surface area is 166 Å². The van der Waals surface area contributed by atoms with Crippen LogP contribution in [-0.2, 0) is 6.54 Å². The Kier molecular flexibility index (Phi) is 5.69. The largest absolute Gasteiger partial charge is 0.355 e. The highest BCUT2D eigenvalue weighted by atomic mass is 16.2. The molecule has 28 heavy (non-hydrogen) atoms. The molecular weight excluding hydrogens is 346 g/mol. The molecule has 3 aromatic rings. The summed E-state index contributed by atoms with van der Waals surface area (Å²) in [6.45, 7) is 4.25. The van der Waals surface area contributed by atoms with Crippen molar-refractivity contribution >= 4 is 17.3 Å². The first-order valence-corrected chi connectivity index (χ1v) is 9.76. The second-order valence-electron chi connectivity index (χ2n) is 7.09. The van der Waals surface area contributed by atoms with Crippen molar-refractivity contribution in [2.75, 3.05) is 31.5 Å². The summed E-state index contributed by atoms with van der Waals surface area (Å²) >= 11 is 0. The van der Waals surface area contributed by atoms with E-state index in [4.69, 9.17) is 0 Å². The Balaban J connectivity index is 1.40. The molecule has 0 radical (unpaired) electrons. The standard InChI is InChI=1S/C24H25N3O/c28-24(22-13-7-8-14-23(22)25-21-11-5-2-6-12-21)27-17-15-26(16-18-27)19-20-9-3-1-4-10-20/h1-14,25H,15-19H2. The second-order valence-corrected chi connectivity index (χ2v) is 7.09. The molecule has 4 nitrogen and oxygen atoms in total. The van der Waals surface area contributed by atoms with Crippen LogP contribution in [0.2, 0.25) is 0 Å². The third kappa shape index (κ3) is 4.41. The van der Waals surface area contributed by atoms with Crippen LogP contribution in [0.1, 0.15) is 15.9 Å². The zero-order chi connectivity index (χ0) is 19.2. The fourth-order valence-corrected chi connectivity index (χ4v) is 3.58. The first kappa shape index (κ1) is 18.3. The van der Waals surface area contributed by atoms with E-state index in [0.29, 0.717) is 0 Å². The minimum atomic E-state index is 0.0957. The maximum Gasteiger partial charge on any atom is 0.256 e. The minimum Gasteiger partial charge on any atom is -0.355 e. The van der Waals surface area contributed by atoms with Crippen molar-refractivity contribution in [3.63, 3.8) is 0 Å². The smallest absolute Gasteiger partial charge is 0.256 e. The van der Waals surface area contributed by atoms with Crippen LogP contribution in [0, 0.1) is 0 Å². The molecule has 1 aliphatic rings. The van der Waals surface area contributed by atoms with E-state index < -0.39 is 0 Å². The Morgan fingerprint density at radius 3 is 2.07 bits per heavy atom. The number of para-hydroxylation sites is 2. The van der Waals surface area contributed by atoms with E-state index in [2.05, 4.69) is 34.5 Å². The number of carbonyl (C=O) groups excluding carboxylic acids is 1. The second kappa shape index (κ2) is 8.72. The first-order chi connectivity index (χ1) is 13.8. The highest BCUT2D eigenvalue weighted by Gasteiger charge is 2.23. The van der Waals surface area contributed by atoms with Gasteiger partial charge >= 0.3 is 0 Å². The number of hydrogen-bond acceptors (Lipinski definition) is 3. The molecular formula is C24H25N3O. The number of hydrogen-bond donors (Lipinski definition) is 1. The molecule has 0 aromatic heterocycles. The van der Waals surface area contributed by atoms with Crippen molar-refractivity contribution in [3.8, 4) is 0 Å². The number of amides is 1. The number of nitrogens with one attached hydrogen (secondary N) is 1. The summed E-state index contributed by atoms with van der Waals surface area (Å²) < 4.78 is 0. The van der Waals surface area contributed by atoms with Gasteiger partial charge in [-0.05, 0) is 29.8 Å². The Morgan fingerprint density at radius 1 is 0.750 bits per heavy atom. The van der Waals surface area contributed by atoms with Gasteiger partial charge in [0.2, 0.25) is 0 Å². The zero-order valence-electron chi connectivity index (χ0n) is 15.9. The van der Waals surface area contributed by atoms with E-state index in [-0.39, 0.29) is 5.91 Å². The van der Waals surface area contributed by atoms with Crippen LogP contribution < -0.4 is 5.32 Å². The Morgan fingerprint density at radius 2 is 1.36 bits per heavy atom. The lowest BCUT2D eigenvalue weighted by atomic mass is 10.1. The van der Waals surface area contributed by atoms with Gasteiger partial charge in [-0.3, -0.25) is 9.69 Å². The van der Waals surface area contributed by atoms with Crippen LogP contribution in [0.5, 0.6) is 0 Å². The van der Waals surface area contributed by atoms with Crippen molar-refractivity contribution in [3.05, 3.63) is 96.1 Å². The van der Waals surface area contributed by atoms with E-state index in [0.717, 1.165) is 49.7 Å². The summed E-state index contributed by atoms with van der Waals surface area (Å²) in [7, 11) is 0. The number of piperazine rings is 1. The highest BCUT2D eigenvalue weighted by molar-refractivity contribution is 6.00. The highest BCUT2D eigenvalue weighted by Crippen LogP contribution is 2.23. The van der Waals surface area contributed by atoms with Crippen LogP contribution in [0.4, 0.5) is 11.4 Å². The van der Waals surface area contributed by atoms with Gasteiger partial charge in [0.25, 0.3) is 5.91 Å². The molecule has 142 valence electrons. The molecule has 0 atom stereocenters. The van der Waals surface area contributed by atoms with E-state index in [1.165, 1.54) is 5.56 Å². The molecule has 0 bridgehead atoms. The number of nitrogens with zero attached hydrogens (tertiary/aromatic N) is 2. The quantitative estimate of drug-likeness (QED) is 0.723. The van der Waals surface area contributed by atoms with Gasteiger partial charge in [0, 0.05) is 38.4 Å². The topological polar surface area (TPSA) is 35.6 Å². The van der Waals surface area contributed by atoms with Crippen LogP contribution >= 0.6 is 0 Å². The molecule has 1 fully saturated rings. The monoisotopic (exact) mass is 371 g/mol. The van der Waals surface area contributed by atoms with E-state index >= 15 is 0 Å². The predicted molar refractivity (Wildman–Crippen MR) is 114 cm³/mol. The average Bonchev–Trinajstić information content (AvgIpc) is 2.76. The molecule has 1 aliphatic heterocycles. The summed E-state index contributed by atoms with van der Waals surface area (Å²) in [5.74, 6) is 0.0957. The van der Waals surface area contributed by atoms with Gasteiger partial charge in [0.15, 0.2) is 0 Å². The van der Waals surface area contributed by atoms with Crippen molar-refractivity contribution in [1.29, 1.82) is 0 Å². The van der Waals surface area contributed by atoms with Crippen molar-refractivity contribution in [2.24, 2.45) is 0 Å². The average molecular weight is 371 g/mol. The fraction of sp³-hybridized carbons (Fsp3) is 0.208. The van der Waals surface area contributed by atoms with Gasteiger partial charge in [-0.2, -0.15) is 0 Å². The van der Waals surface area contributed by atoms with Gasteiger partial charge in [0.05, 0.1) is 11.3 Å². The summed E-state index contributed by atoms with van der Waals surface area (Å²) in [4.78, 5) is 17.5. The molecule has 1 heterocycles. The molecule has 1 N–H and O–H groups in total. The molecule has 4 heteroatoms. The normalized spacial score (nSPS) is 14.6. The van der Waals surface area contributed by atoms with Gasteiger partial charge in [-0.1, -0.05) is 60.7 Å². The van der Waals surface area contributed by atoms with Gasteiger partial charge < -0.3 is 10.2 Å². The molecule has 1 saturated heterocycles. The lowest BCUT2D eigenvalue weighted by Gasteiger charge is -2.35. The lowest BCUT2D eigenvalue weighted by molar-refractivity contribution is 0.0629. The van der Waals surface area contributed by atoms with Gasteiger partial charge in [-0.15, -0.1) is 0 Å². The zero-order valence-corrected chi connectivity index (χ0v) is 15.9. The van der Waals surface area contributed by atoms with Gasteiger partial charge in [0.1, 0.15) is 0 Å². The third-order valence-electron chi connectivity index (χ3n) is 5.12. The molecule has 3 aromatic carbocycles. The fourth-order valence-electron chi connectivity index (χ4n) is 3.58. The molecule has 0 aliphatic carbocycles. The molecule has 0 saturated carbocycles. The van der Waals surface area contributed by atoms with Gasteiger partial charge in [-0.25, -0.2) is 0 Å². The minimum absolute atomic E-state index is 0.0957. The number of benzene rings is 3. The maximum atomic E-state index is 13.1. The number of carbonyl (C=O) groups is 1. The van der Waals surface area contributed by atoms with Crippen LogP contribution in [0.3, 0.4) is 0 Å². The molecule has 0 unspecified atom stereocenters. The van der Waals surface area contributed by atoms with Crippen LogP contribution in [0.15, 0.2) is 84.9 Å². The van der Waals surface area contributed by atoms with Crippen molar-refractivity contribution in [1.82, 2.24) is 9.80 Å². The van der Waals surface area contributed by atoms with Crippen LogP contribution in [-0.4, -0.2) is 41.9 Å². The summed E-state index contributed by atoms with van der Waals surface area (Å²) in [6.07, 6.45) is 0. The Bertz CT molecular complexity index is 903. The first-order valence-electron chi connectivity index (χ1n) is 9.76. The third-order valence-corrected chi connectivity index (χ3v) is 5.12. The summed E-state index contributed by atoms with van der Waals surface area (Å²) in [6, 6.07) is 28.2. The number of rotatable bonds is 5. The SMILES string of the molecule is O=C(c1ccccc1Nc1ccccc1)N1CCN(Cc2ccccc2)CC1. The maximum absolute atomic E-state index is 13.1. The summed E-state index contributed by atoms with van der Waals surface area (Å²) in [5.41, 5.74) is 3.88. The van der Waals surface area contributed by atoms with E-state index in [1.807, 2.05) is 65.6 Å². The molecule has 0 spiro atoms. The summed E-state index contributed by atoms with van der Waals surface area (Å²) in [5, 5.41) is 3.38. The molecule has 1 amide bonds. The lowest BCUT2D eigenvalue weighted by Crippen LogP contribution is -2.48. The predicted octanol–water partition coefficient (Wildman–Crippen LogP) is 4.39. The van der Waals surface area contributed by atoms with Crippen LogP contribution in [0.25, 0.3) is 0 Å². The molecule has 4 rings (SSSR count). The van der Waals surface area contributed by atoms with Crippen molar-refractivity contribution in [2.45, 2.75) is 6.54 Å². The van der Waals surface area contributed by atoms with E-state index in [9.17, 15) is 4.79 Å². The Hall–Kier alpha value is -3.11. The van der Waals surface area contributed by atoms with E-state index in [1.54, 1.807) is 0 Å². The number of anilines is 2. The van der Waals surface area contributed by atoms with Crippen molar-refractivity contribution < 1.29 is 4.79 Å².